The van der Waals surface area contributed by atoms with Crippen LogP contribution in [0.5, 0.6) is 0 Å². The van der Waals surface area contributed by atoms with E-state index in [1.807, 2.05) is 45.0 Å². The highest BCUT2D eigenvalue weighted by molar-refractivity contribution is 7.89. The second-order valence-corrected chi connectivity index (χ2v) is 9.06. The molecule has 0 atom stereocenters. The van der Waals surface area contributed by atoms with Crippen LogP contribution in [0.4, 0.5) is 0 Å². The van der Waals surface area contributed by atoms with Crippen molar-refractivity contribution in [1.29, 1.82) is 0 Å². The SMILES string of the molecule is Cc1ccc(CNS(=O)(=O)c2cc(-c3onc(C)c3C)sc2C)cc1. The molecular weight excluding hydrogens is 356 g/mol. The van der Waals surface area contributed by atoms with Crippen LogP contribution in [0.25, 0.3) is 10.6 Å². The molecule has 0 aliphatic heterocycles. The van der Waals surface area contributed by atoms with Crippen molar-refractivity contribution in [2.45, 2.75) is 39.1 Å². The maximum atomic E-state index is 12.7. The van der Waals surface area contributed by atoms with E-state index in [9.17, 15) is 8.42 Å². The standard InChI is InChI=1S/C18H20N2O3S2/c1-11-5-7-15(8-6-11)10-19-25(21,22)17-9-16(24-14(17)4)18-12(2)13(3)20-23-18/h5-9,19H,10H2,1-4H3. The molecule has 0 saturated heterocycles. The van der Waals surface area contributed by atoms with E-state index in [2.05, 4.69) is 9.88 Å². The van der Waals surface area contributed by atoms with Crippen molar-refractivity contribution >= 4 is 21.4 Å². The molecule has 2 aromatic heterocycles. The number of thiophene rings is 1. The van der Waals surface area contributed by atoms with Gasteiger partial charge >= 0.3 is 0 Å². The molecule has 1 aromatic carbocycles. The highest BCUT2D eigenvalue weighted by Gasteiger charge is 2.22. The van der Waals surface area contributed by atoms with Crippen LogP contribution in [0.2, 0.25) is 0 Å². The molecule has 25 heavy (non-hydrogen) atoms. The lowest BCUT2D eigenvalue weighted by Gasteiger charge is -2.06. The number of aromatic nitrogens is 1. The van der Waals surface area contributed by atoms with Crippen molar-refractivity contribution in [3.63, 3.8) is 0 Å². The Morgan fingerprint density at radius 2 is 1.80 bits per heavy atom. The molecule has 0 bridgehead atoms. The van der Waals surface area contributed by atoms with E-state index in [4.69, 9.17) is 4.52 Å². The first-order valence-corrected chi connectivity index (χ1v) is 10.2. The molecule has 0 aliphatic carbocycles. The number of benzene rings is 1. The Morgan fingerprint density at radius 1 is 1.12 bits per heavy atom. The molecule has 3 aromatic rings. The van der Waals surface area contributed by atoms with Crippen LogP contribution in [0.1, 0.15) is 27.3 Å². The summed E-state index contributed by atoms with van der Waals surface area (Å²) in [4.78, 5) is 1.78. The fourth-order valence-electron chi connectivity index (χ4n) is 2.45. The van der Waals surface area contributed by atoms with Gasteiger partial charge < -0.3 is 4.52 Å². The Kier molecular flexibility index (Phi) is 4.81. The average Bonchev–Trinajstić information content (AvgIpc) is 3.11. The summed E-state index contributed by atoms with van der Waals surface area (Å²) in [5.41, 5.74) is 3.80. The molecule has 0 saturated carbocycles. The summed E-state index contributed by atoms with van der Waals surface area (Å²) in [6.45, 7) is 7.84. The van der Waals surface area contributed by atoms with Gasteiger partial charge in [0.2, 0.25) is 10.0 Å². The van der Waals surface area contributed by atoms with Gasteiger partial charge in [0.1, 0.15) is 0 Å². The maximum Gasteiger partial charge on any atom is 0.241 e. The number of aryl methyl sites for hydroxylation is 3. The van der Waals surface area contributed by atoms with E-state index in [0.29, 0.717) is 5.76 Å². The summed E-state index contributed by atoms with van der Waals surface area (Å²) in [5, 5.41) is 3.94. The van der Waals surface area contributed by atoms with E-state index in [0.717, 1.165) is 32.1 Å². The predicted molar refractivity (Wildman–Crippen MR) is 99.2 cm³/mol. The number of nitrogens with one attached hydrogen (secondary N) is 1. The number of nitrogens with zero attached hydrogens (tertiary/aromatic N) is 1. The molecule has 2 heterocycles. The summed E-state index contributed by atoms with van der Waals surface area (Å²) >= 11 is 1.39. The van der Waals surface area contributed by atoms with Crippen LogP contribution in [0.3, 0.4) is 0 Å². The molecule has 5 nitrogen and oxygen atoms in total. The highest BCUT2D eigenvalue weighted by Crippen LogP contribution is 2.35. The van der Waals surface area contributed by atoms with Crippen LogP contribution in [-0.4, -0.2) is 13.6 Å². The van der Waals surface area contributed by atoms with Gasteiger partial charge in [0.25, 0.3) is 0 Å². The fourth-order valence-corrected chi connectivity index (χ4v) is 5.09. The Bertz CT molecular complexity index is 1000. The molecule has 0 unspecified atom stereocenters. The van der Waals surface area contributed by atoms with Gasteiger partial charge in [0.15, 0.2) is 5.76 Å². The lowest BCUT2D eigenvalue weighted by atomic mass is 10.2. The third kappa shape index (κ3) is 3.68. The molecule has 7 heteroatoms. The van der Waals surface area contributed by atoms with Gasteiger partial charge in [-0.2, -0.15) is 0 Å². The largest absolute Gasteiger partial charge is 0.355 e. The monoisotopic (exact) mass is 376 g/mol. The molecule has 0 fully saturated rings. The van der Waals surface area contributed by atoms with Gasteiger partial charge in [0, 0.05) is 17.0 Å². The lowest BCUT2D eigenvalue weighted by Crippen LogP contribution is -2.23. The van der Waals surface area contributed by atoms with Crippen LogP contribution in [0.15, 0.2) is 39.8 Å². The fraction of sp³-hybridized carbons (Fsp3) is 0.278. The van der Waals surface area contributed by atoms with Gasteiger partial charge in [-0.25, -0.2) is 13.1 Å². The summed E-state index contributed by atoms with van der Waals surface area (Å²) < 4.78 is 33.4. The zero-order valence-corrected chi connectivity index (χ0v) is 16.2. The van der Waals surface area contributed by atoms with E-state index in [-0.39, 0.29) is 11.4 Å². The highest BCUT2D eigenvalue weighted by atomic mass is 32.2. The molecule has 0 aliphatic rings. The Hall–Kier alpha value is -1.96. The van der Waals surface area contributed by atoms with Gasteiger partial charge in [0.05, 0.1) is 15.5 Å². The Labute approximate surface area is 151 Å². The summed E-state index contributed by atoms with van der Waals surface area (Å²) in [6.07, 6.45) is 0. The van der Waals surface area contributed by atoms with Gasteiger partial charge in [-0.05, 0) is 39.3 Å². The zero-order chi connectivity index (χ0) is 18.2. The van der Waals surface area contributed by atoms with E-state index < -0.39 is 10.0 Å². The minimum Gasteiger partial charge on any atom is -0.355 e. The molecule has 1 N–H and O–H groups in total. The third-order valence-corrected chi connectivity index (χ3v) is 6.84. The van der Waals surface area contributed by atoms with Crippen LogP contribution in [-0.2, 0) is 16.6 Å². The number of hydrogen-bond donors (Lipinski definition) is 1. The average molecular weight is 377 g/mol. The van der Waals surface area contributed by atoms with Gasteiger partial charge in [-0.15, -0.1) is 11.3 Å². The number of sulfonamides is 1. The smallest absolute Gasteiger partial charge is 0.241 e. The first-order chi connectivity index (χ1) is 11.8. The molecule has 132 valence electrons. The van der Waals surface area contributed by atoms with Crippen LogP contribution >= 0.6 is 11.3 Å². The van der Waals surface area contributed by atoms with Crippen LogP contribution < -0.4 is 4.72 Å². The number of rotatable bonds is 5. The Balaban J connectivity index is 1.85. The Morgan fingerprint density at radius 3 is 2.40 bits per heavy atom. The topological polar surface area (TPSA) is 72.2 Å². The minimum atomic E-state index is -3.59. The maximum absolute atomic E-state index is 12.7. The molecule has 0 radical (unpaired) electrons. The first kappa shape index (κ1) is 17.8. The van der Waals surface area contributed by atoms with E-state index in [1.165, 1.54) is 11.3 Å². The van der Waals surface area contributed by atoms with Gasteiger partial charge in [-0.3, -0.25) is 0 Å². The third-order valence-electron chi connectivity index (χ3n) is 4.13. The molecule has 3 rings (SSSR count). The second kappa shape index (κ2) is 6.74. The van der Waals surface area contributed by atoms with Crippen molar-refractivity contribution in [2.24, 2.45) is 0 Å². The van der Waals surface area contributed by atoms with Crippen molar-refractivity contribution in [1.82, 2.24) is 9.88 Å². The van der Waals surface area contributed by atoms with Crippen LogP contribution in [0, 0.1) is 27.7 Å². The van der Waals surface area contributed by atoms with Crippen molar-refractivity contribution in [3.05, 3.63) is 57.6 Å². The molecular formula is C18H20N2O3S2. The second-order valence-electron chi connectivity index (χ2n) is 6.06. The van der Waals surface area contributed by atoms with Gasteiger partial charge in [-0.1, -0.05) is 35.0 Å². The first-order valence-electron chi connectivity index (χ1n) is 7.87. The lowest BCUT2D eigenvalue weighted by molar-refractivity contribution is 0.427. The van der Waals surface area contributed by atoms with Crippen molar-refractivity contribution in [2.75, 3.05) is 0 Å². The van der Waals surface area contributed by atoms with Crippen molar-refractivity contribution < 1.29 is 12.9 Å². The van der Waals surface area contributed by atoms with E-state index >= 15 is 0 Å². The number of hydrogen-bond acceptors (Lipinski definition) is 5. The summed E-state index contributed by atoms with van der Waals surface area (Å²) in [6, 6.07) is 9.43. The summed E-state index contributed by atoms with van der Waals surface area (Å²) in [5.74, 6) is 0.630. The van der Waals surface area contributed by atoms with E-state index in [1.54, 1.807) is 13.0 Å². The summed E-state index contributed by atoms with van der Waals surface area (Å²) in [7, 11) is -3.59. The zero-order valence-electron chi connectivity index (χ0n) is 14.6. The molecule has 0 spiro atoms. The normalized spacial score (nSPS) is 11.8. The van der Waals surface area contributed by atoms with Crippen molar-refractivity contribution in [3.8, 4) is 10.6 Å². The predicted octanol–water partition coefficient (Wildman–Crippen LogP) is 4.12. The minimum absolute atomic E-state index is 0.258. The quantitative estimate of drug-likeness (QED) is 0.727. The molecule has 0 amide bonds.